The minimum absolute atomic E-state index is 0.0415. The molecule has 0 saturated heterocycles. The summed E-state index contributed by atoms with van der Waals surface area (Å²) in [4.78, 5) is 27.6. The lowest BCUT2D eigenvalue weighted by molar-refractivity contribution is -0.120. The molecule has 2 aromatic rings. The fourth-order valence-electron chi connectivity index (χ4n) is 4.07. The topological polar surface area (TPSA) is 101 Å². The van der Waals surface area contributed by atoms with Gasteiger partial charge >= 0.3 is 6.03 Å². The van der Waals surface area contributed by atoms with E-state index < -0.39 is 0 Å². The van der Waals surface area contributed by atoms with Crippen LogP contribution in [0.4, 0.5) is 10.6 Å². The maximum atomic E-state index is 12.3. The van der Waals surface area contributed by atoms with Crippen LogP contribution in [0.1, 0.15) is 39.3 Å². The second kappa shape index (κ2) is 7.33. The molecular weight excluding hydrogens is 392 g/mol. The van der Waals surface area contributed by atoms with Crippen molar-refractivity contribution in [3.8, 4) is 11.1 Å². The molecule has 0 aromatic carbocycles. The van der Waals surface area contributed by atoms with Crippen molar-refractivity contribution in [3.05, 3.63) is 29.2 Å². The first-order valence-electron chi connectivity index (χ1n) is 9.75. The van der Waals surface area contributed by atoms with E-state index in [-0.39, 0.29) is 29.4 Å². The standard InChI is InChI=1S/C20H25ClN6O2/c1-11(28)24-12-4-13(5-12)25-19(29)26-18-6-14(16(21)9-22-18)15-8-23-27-10-20(2,3)7-17(15)27/h6,8-9,12-13H,4-5,7,10H2,1-3H3,(H,24,28)(H2,22,25,26,29). The number of nitrogens with one attached hydrogen (secondary N) is 3. The number of nitrogens with zero attached hydrogens (tertiary/aromatic N) is 3. The molecule has 8 nitrogen and oxygen atoms in total. The lowest BCUT2D eigenvalue weighted by atomic mass is 9.87. The Morgan fingerprint density at radius 2 is 1.90 bits per heavy atom. The van der Waals surface area contributed by atoms with E-state index >= 15 is 0 Å². The fraction of sp³-hybridized carbons (Fsp3) is 0.500. The van der Waals surface area contributed by atoms with E-state index in [1.165, 1.54) is 6.92 Å². The van der Waals surface area contributed by atoms with Crippen LogP contribution in [0.3, 0.4) is 0 Å². The van der Waals surface area contributed by atoms with Crippen molar-refractivity contribution >= 4 is 29.4 Å². The lowest BCUT2D eigenvalue weighted by Gasteiger charge is -2.35. The summed E-state index contributed by atoms with van der Waals surface area (Å²) in [6.07, 6.45) is 5.75. The average molecular weight is 417 g/mol. The van der Waals surface area contributed by atoms with E-state index in [4.69, 9.17) is 11.6 Å². The molecular formula is C20H25ClN6O2. The summed E-state index contributed by atoms with van der Waals surface area (Å²) in [5.41, 5.74) is 3.10. The smallest absolute Gasteiger partial charge is 0.320 e. The van der Waals surface area contributed by atoms with Crippen molar-refractivity contribution in [1.29, 1.82) is 0 Å². The van der Waals surface area contributed by atoms with Crippen LogP contribution < -0.4 is 16.0 Å². The Balaban J connectivity index is 1.42. The Morgan fingerprint density at radius 3 is 2.62 bits per heavy atom. The Hall–Kier alpha value is -2.61. The minimum Gasteiger partial charge on any atom is -0.353 e. The van der Waals surface area contributed by atoms with Gasteiger partial charge < -0.3 is 10.6 Å². The van der Waals surface area contributed by atoms with Gasteiger partial charge in [0.25, 0.3) is 0 Å². The molecule has 0 unspecified atom stereocenters. The second-order valence-electron chi connectivity index (χ2n) is 8.72. The number of hydrogen-bond acceptors (Lipinski definition) is 4. The summed E-state index contributed by atoms with van der Waals surface area (Å²) in [7, 11) is 0. The van der Waals surface area contributed by atoms with Gasteiger partial charge in [-0.1, -0.05) is 25.4 Å². The quantitative estimate of drug-likeness (QED) is 0.713. The number of fused-ring (bicyclic) bond motifs is 1. The zero-order chi connectivity index (χ0) is 20.8. The average Bonchev–Trinajstić information content (AvgIpc) is 3.09. The molecule has 0 radical (unpaired) electrons. The fourth-order valence-corrected chi connectivity index (χ4v) is 4.27. The molecule has 29 heavy (non-hydrogen) atoms. The molecule has 4 rings (SSSR count). The third kappa shape index (κ3) is 4.22. The molecule has 9 heteroatoms. The first-order valence-corrected chi connectivity index (χ1v) is 10.1. The zero-order valence-electron chi connectivity index (χ0n) is 16.8. The Kier molecular flexibility index (Phi) is 4.98. The molecule has 0 bridgehead atoms. The van der Waals surface area contributed by atoms with Crippen molar-refractivity contribution in [2.75, 3.05) is 5.32 Å². The van der Waals surface area contributed by atoms with E-state index in [0.717, 1.165) is 42.6 Å². The number of urea groups is 1. The van der Waals surface area contributed by atoms with Crippen molar-refractivity contribution in [1.82, 2.24) is 25.4 Å². The highest BCUT2D eigenvalue weighted by atomic mass is 35.5. The van der Waals surface area contributed by atoms with Gasteiger partial charge in [-0.25, -0.2) is 9.78 Å². The van der Waals surface area contributed by atoms with E-state index in [1.54, 1.807) is 12.3 Å². The molecule has 0 spiro atoms. The highest BCUT2D eigenvalue weighted by molar-refractivity contribution is 6.33. The lowest BCUT2D eigenvalue weighted by Crippen LogP contribution is -2.54. The Labute approximate surface area is 174 Å². The number of halogens is 1. The first kappa shape index (κ1) is 19.7. The van der Waals surface area contributed by atoms with Crippen LogP contribution in [-0.2, 0) is 17.8 Å². The van der Waals surface area contributed by atoms with Crippen LogP contribution in [0.5, 0.6) is 0 Å². The Bertz CT molecular complexity index is 964. The van der Waals surface area contributed by atoms with E-state index in [9.17, 15) is 9.59 Å². The molecule has 3 amide bonds. The van der Waals surface area contributed by atoms with Gasteiger partial charge in [0.1, 0.15) is 5.82 Å². The second-order valence-corrected chi connectivity index (χ2v) is 9.12. The monoisotopic (exact) mass is 416 g/mol. The number of aromatic nitrogens is 3. The maximum Gasteiger partial charge on any atom is 0.320 e. The molecule has 1 saturated carbocycles. The number of rotatable bonds is 4. The van der Waals surface area contributed by atoms with Gasteiger partial charge in [0.2, 0.25) is 5.91 Å². The molecule has 3 heterocycles. The summed E-state index contributed by atoms with van der Waals surface area (Å²) in [5.74, 6) is 0.377. The third-order valence-electron chi connectivity index (χ3n) is 5.44. The van der Waals surface area contributed by atoms with Crippen molar-refractivity contribution in [2.45, 2.75) is 58.7 Å². The summed E-state index contributed by atoms with van der Waals surface area (Å²) in [5, 5.41) is 13.5. The molecule has 3 N–H and O–H groups in total. The van der Waals surface area contributed by atoms with Crippen molar-refractivity contribution in [3.63, 3.8) is 0 Å². The molecule has 0 atom stereocenters. The summed E-state index contributed by atoms with van der Waals surface area (Å²) in [6.45, 7) is 6.80. The van der Waals surface area contributed by atoms with Crippen LogP contribution in [0.15, 0.2) is 18.5 Å². The van der Waals surface area contributed by atoms with Crippen molar-refractivity contribution in [2.24, 2.45) is 5.41 Å². The highest BCUT2D eigenvalue weighted by Crippen LogP contribution is 2.39. The SMILES string of the molecule is CC(=O)NC1CC(NC(=O)Nc2cc(-c3cnn4c3CC(C)(C)C4)c(Cl)cn2)C1. The van der Waals surface area contributed by atoms with E-state index in [0.29, 0.717) is 10.8 Å². The number of carbonyl (C=O) groups excluding carboxylic acids is 2. The van der Waals surface area contributed by atoms with Gasteiger partial charge in [-0.2, -0.15) is 5.10 Å². The zero-order valence-corrected chi connectivity index (χ0v) is 17.5. The first-order chi connectivity index (χ1) is 13.7. The van der Waals surface area contributed by atoms with Crippen LogP contribution in [0.2, 0.25) is 5.02 Å². The normalized spacial score (nSPS) is 21.8. The number of carbonyl (C=O) groups is 2. The summed E-state index contributed by atoms with van der Waals surface area (Å²) < 4.78 is 2.02. The van der Waals surface area contributed by atoms with Gasteiger partial charge in [0.05, 0.1) is 11.2 Å². The number of hydrogen-bond donors (Lipinski definition) is 3. The Morgan fingerprint density at radius 1 is 1.17 bits per heavy atom. The summed E-state index contributed by atoms with van der Waals surface area (Å²) in [6, 6.07) is 1.64. The predicted octanol–water partition coefficient (Wildman–Crippen LogP) is 2.97. The van der Waals surface area contributed by atoms with E-state index in [1.807, 2.05) is 10.9 Å². The maximum absolute atomic E-state index is 12.3. The molecule has 1 aliphatic carbocycles. The van der Waals surface area contributed by atoms with Gasteiger partial charge in [0, 0.05) is 48.6 Å². The predicted molar refractivity (Wildman–Crippen MR) is 111 cm³/mol. The molecule has 1 aliphatic heterocycles. The third-order valence-corrected chi connectivity index (χ3v) is 5.74. The largest absolute Gasteiger partial charge is 0.353 e. The number of anilines is 1. The van der Waals surface area contributed by atoms with Crippen LogP contribution in [-0.4, -0.2) is 38.8 Å². The van der Waals surface area contributed by atoms with Gasteiger partial charge in [-0.15, -0.1) is 0 Å². The molecule has 2 aliphatic rings. The van der Waals surface area contributed by atoms with Gasteiger partial charge in [-0.05, 0) is 30.7 Å². The molecule has 1 fully saturated rings. The van der Waals surface area contributed by atoms with Gasteiger partial charge in [0.15, 0.2) is 0 Å². The van der Waals surface area contributed by atoms with E-state index in [2.05, 4.69) is 39.9 Å². The number of amides is 3. The van der Waals surface area contributed by atoms with Gasteiger partial charge in [-0.3, -0.25) is 14.8 Å². The molecule has 154 valence electrons. The summed E-state index contributed by atoms with van der Waals surface area (Å²) >= 11 is 6.41. The minimum atomic E-state index is -0.321. The van der Waals surface area contributed by atoms with Crippen molar-refractivity contribution < 1.29 is 9.59 Å². The highest BCUT2D eigenvalue weighted by Gasteiger charge is 2.33. The van der Waals surface area contributed by atoms with Crippen LogP contribution in [0.25, 0.3) is 11.1 Å². The number of pyridine rings is 1. The van der Waals surface area contributed by atoms with Crippen LogP contribution >= 0.6 is 11.6 Å². The van der Waals surface area contributed by atoms with Crippen LogP contribution in [0, 0.1) is 5.41 Å². The molecule has 2 aromatic heterocycles.